The quantitative estimate of drug-likeness (QED) is 0.853. The lowest BCUT2D eigenvalue weighted by molar-refractivity contribution is 0.160. The Bertz CT molecular complexity index is 461. The molecule has 1 N–H and O–H groups in total. The van der Waals surface area contributed by atoms with E-state index in [1.165, 1.54) is 6.42 Å². The van der Waals surface area contributed by atoms with Crippen LogP contribution in [0.5, 0.6) is 0 Å². The topological polar surface area (TPSA) is 32.3 Å². The van der Waals surface area contributed by atoms with Gasteiger partial charge in [0.05, 0.1) is 0 Å². The van der Waals surface area contributed by atoms with E-state index >= 15 is 0 Å². The van der Waals surface area contributed by atoms with Crippen LogP contribution in [0.1, 0.15) is 38.2 Å². The first-order valence-electron chi connectivity index (χ1n) is 6.95. The molecule has 1 saturated heterocycles. The van der Waals surface area contributed by atoms with Crippen LogP contribution in [-0.2, 0) is 0 Å². The molecule has 2 amide bonds. The monoisotopic (exact) mass is 280 g/mol. The minimum absolute atomic E-state index is 0.00790. The fourth-order valence-electron chi connectivity index (χ4n) is 2.56. The summed E-state index contributed by atoms with van der Waals surface area (Å²) in [5.41, 5.74) is 1.78. The molecule has 0 aromatic heterocycles. The number of aryl methyl sites for hydroxylation is 1. The van der Waals surface area contributed by atoms with Gasteiger partial charge in [0.25, 0.3) is 0 Å². The van der Waals surface area contributed by atoms with E-state index in [9.17, 15) is 4.79 Å². The molecule has 1 atom stereocenters. The smallest absolute Gasteiger partial charge is 0.322 e. The second-order valence-corrected chi connectivity index (χ2v) is 5.55. The van der Waals surface area contributed by atoms with Crippen molar-refractivity contribution in [1.29, 1.82) is 0 Å². The molecule has 4 heteroatoms. The van der Waals surface area contributed by atoms with Gasteiger partial charge in [0, 0.05) is 23.3 Å². The molecule has 2 rings (SSSR count). The maximum absolute atomic E-state index is 12.3. The second-order valence-electron chi connectivity index (χ2n) is 5.15. The summed E-state index contributed by atoms with van der Waals surface area (Å²) in [5.74, 6) is 0. The average molecular weight is 281 g/mol. The predicted molar refractivity (Wildman–Crippen MR) is 79.8 cm³/mol. The first kappa shape index (κ1) is 14.2. The van der Waals surface area contributed by atoms with Crippen LogP contribution < -0.4 is 5.32 Å². The van der Waals surface area contributed by atoms with Crippen molar-refractivity contribution >= 4 is 23.3 Å². The van der Waals surface area contributed by atoms with Gasteiger partial charge in [-0.05, 0) is 50.3 Å². The fraction of sp³-hybridized carbons (Fsp3) is 0.533. The largest absolute Gasteiger partial charge is 0.322 e. The van der Waals surface area contributed by atoms with Gasteiger partial charge < -0.3 is 10.2 Å². The lowest BCUT2D eigenvalue weighted by atomic mass is 10.0. The van der Waals surface area contributed by atoms with Gasteiger partial charge >= 0.3 is 6.03 Å². The van der Waals surface area contributed by atoms with Gasteiger partial charge in [-0.1, -0.05) is 24.6 Å². The lowest BCUT2D eigenvalue weighted by Gasteiger charge is -2.35. The molecule has 1 aromatic carbocycles. The molecule has 0 spiro atoms. The fourth-order valence-corrected chi connectivity index (χ4v) is 2.74. The van der Waals surface area contributed by atoms with Crippen molar-refractivity contribution in [3.63, 3.8) is 0 Å². The first-order chi connectivity index (χ1) is 9.11. The first-order valence-corrected chi connectivity index (χ1v) is 7.33. The molecule has 104 valence electrons. The van der Waals surface area contributed by atoms with E-state index in [2.05, 4.69) is 12.2 Å². The third-order valence-corrected chi connectivity index (χ3v) is 4.19. The van der Waals surface area contributed by atoms with Crippen molar-refractivity contribution in [3.05, 3.63) is 28.8 Å². The summed E-state index contributed by atoms with van der Waals surface area (Å²) >= 11 is 6.07. The van der Waals surface area contributed by atoms with E-state index in [-0.39, 0.29) is 6.03 Å². The number of halogens is 1. The summed E-state index contributed by atoms with van der Waals surface area (Å²) in [6.07, 6.45) is 4.44. The third-order valence-electron chi connectivity index (χ3n) is 3.78. The highest BCUT2D eigenvalue weighted by Crippen LogP contribution is 2.23. The normalized spacial score (nSPS) is 19.3. The molecule has 0 aliphatic carbocycles. The number of piperidine rings is 1. The summed E-state index contributed by atoms with van der Waals surface area (Å²) in [5, 5.41) is 3.63. The molecule has 1 fully saturated rings. The Kier molecular flexibility index (Phi) is 4.70. The number of urea groups is 1. The van der Waals surface area contributed by atoms with Crippen LogP contribution >= 0.6 is 11.6 Å². The van der Waals surface area contributed by atoms with Crippen molar-refractivity contribution in [1.82, 2.24) is 4.90 Å². The van der Waals surface area contributed by atoms with Gasteiger partial charge in [0.15, 0.2) is 0 Å². The lowest BCUT2D eigenvalue weighted by Crippen LogP contribution is -2.45. The SMILES string of the molecule is CC[C@@H]1CCCCN1C(=O)Nc1ccc(C)c(Cl)c1. The number of nitrogens with zero attached hydrogens (tertiary/aromatic N) is 1. The molecule has 1 heterocycles. The predicted octanol–water partition coefficient (Wildman–Crippen LogP) is 4.44. The van der Waals surface area contributed by atoms with E-state index in [1.807, 2.05) is 24.0 Å². The van der Waals surface area contributed by atoms with E-state index < -0.39 is 0 Å². The van der Waals surface area contributed by atoms with Crippen LogP contribution in [0.2, 0.25) is 5.02 Å². The van der Waals surface area contributed by atoms with Crippen LogP contribution in [0.25, 0.3) is 0 Å². The number of anilines is 1. The second kappa shape index (κ2) is 6.29. The van der Waals surface area contributed by atoms with Crippen LogP contribution in [0.3, 0.4) is 0 Å². The zero-order chi connectivity index (χ0) is 13.8. The minimum atomic E-state index is -0.00790. The zero-order valence-corrected chi connectivity index (χ0v) is 12.3. The Morgan fingerprint density at radius 1 is 1.47 bits per heavy atom. The Morgan fingerprint density at radius 3 is 2.95 bits per heavy atom. The van der Waals surface area contributed by atoms with Crippen LogP contribution in [0, 0.1) is 6.92 Å². The minimum Gasteiger partial charge on any atom is -0.322 e. The standard InChI is InChI=1S/C15H21ClN2O/c1-3-13-6-4-5-9-18(13)15(19)17-12-8-7-11(2)14(16)10-12/h7-8,10,13H,3-6,9H2,1-2H3,(H,17,19)/t13-/m1/s1. The maximum atomic E-state index is 12.3. The van der Waals surface area contributed by atoms with Crippen LogP contribution in [0.4, 0.5) is 10.5 Å². The van der Waals surface area contributed by atoms with Crippen LogP contribution in [-0.4, -0.2) is 23.5 Å². The summed E-state index contributed by atoms with van der Waals surface area (Å²) in [6, 6.07) is 5.98. The van der Waals surface area contributed by atoms with Gasteiger partial charge in [-0.25, -0.2) is 4.79 Å². The summed E-state index contributed by atoms with van der Waals surface area (Å²) in [6.45, 7) is 4.94. The molecular weight excluding hydrogens is 260 g/mol. The molecule has 0 radical (unpaired) electrons. The number of hydrogen-bond acceptors (Lipinski definition) is 1. The maximum Gasteiger partial charge on any atom is 0.322 e. The number of benzene rings is 1. The molecule has 0 unspecified atom stereocenters. The number of carbonyl (C=O) groups is 1. The number of nitrogens with one attached hydrogen (secondary N) is 1. The molecule has 0 bridgehead atoms. The summed E-state index contributed by atoms with van der Waals surface area (Å²) < 4.78 is 0. The highest BCUT2D eigenvalue weighted by molar-refractivity contribution is 6.31. The molecule has 0 saturated carbocycles. The van der Waals surface area contributed by atoms with Crippen LogP contribution in [0.15, 0.2) is 18.2 Å². The Balaban J connectivity index is 2.05. The summed E-state index contributed by atoms with van der Waals surface area (Å²) in [4.78, 5) is 14.3. The Morgan fingerprint density at radius 2 is 2.26 bits per heavy atom. The van der Waals surface area contributed by atoms with Crippen molar-refractivity contribution in [3.8, 4) is 0 Å². The molecule has 19 heavy (non-hydrogen) atoms. The van der Waals surface area contributed by atoms with Gasteiger partial charge in [-0.3, -0.25) is 0 Å². The van der Waals surface area contributed by atoms with Crippen molar-refractivity contribution < 1.29 is 4.79 Å². The molecule has 1 aliphatic heterocycles. The molecule has 1 aromatic rings. The van der Waals surface area contributed by atoms with Crippen molar-refractivity contribution in [2.75, 3.05) is 11.9 Å². The van der Waals surface area contributed by atoms with Gasteiger partial charge in [0.1, 0.15) is 0 Å². The Labute approximate surface area is 119 Å². The average Bonchev–Trinajstić information content (AvgIpc) is 2.43. The van der Waals surface area contributed by atoms with Gasteiger partial charge in [0.2, 0.25) is 0 Å². The number of amides is 2. The molecule has 1 aliphatic rings. The number of carbonyl (C=O) groups excluding carboxylic acids is 1. The van der Waals surface area contributed by atoms with E-state index in [4.69, 9.17) is 11.6 Å². The summed E-state index contributed by atoms with van der Waals surface area (Å²) in [7, 11) is 0. The zero-order valence-electron chi connectivity index (χ0n) is 11.6. The van der Waals surface area contributed by atoms with E-state index in [0.717, 1.165) is 37.1 Å². The van der Waals surface area contributed by atoms with Gasteiger partial charge in [-0.15, -0.1) is 0 Å². The van der Waals surface area contributed by atoms with Crippen molar-refractivity contribution in [2.45, 2.75) is 45.6 Å². The van der Waals surface area contributed by atoms with Gasteiger partial charge in [-0.2, -0.15) is 0 Å². The van der Waals surface area contributed by atoms with Crippen molar-refractivity contribution in [2.24, 2.45) is 0 Å². The van der Waals surface area contributed by atoms with E-state index in [1.54, 1.807) is 6.07 Å². The van der Waals surface area contributed by atoms with E-state index in [0.29, 0.717) is 11.1 Å². The molecule has 3 nitrogen and oxygen atoms in total. The third kappa shape index (κ3) is 3.41. The Hall–Kier alpha value is -1.22. The molecular formula is C15H21ClN2O. The highest BCUT2D eigenvalue weighted by Gasteiger charge is 2.25. The number of hydrogen-bond donors (Lipinski definition) is 1. The number of likely N-dealkylation sites (tertiary alicyclic amines) is 1. The number of rotatable bonds is 2. The highest BCUT2D eigenvalue weighted by atomic mass is 35.5.